The van der Waals surface area contributed by atoms with Crippen LogP contribution in [-0.2, 0) is 4.74 Å². The Labute approximate surface area is 131 Å². The van der Waals surface area contributed by atoms with E-state index in [2.05, 4.69) is 45.6 Å². The molecule has 0 saturated carbocycles. The highest BCUT2D eigenvalue weighted by Crippen LogP contribution is 2.35. The van der Waals surface area contributed by atoms with E-state index in [0.29, 0.717) is 0 Å². The van der Waals surface area contributed by atoms with Crippen LogP contribution in [0.3, 0.4) is 0 Å². The van der Waals surface area contributed by atoms with Gasteiger partial charge in [-0.25, -0.2) is 0 Å². The molecule has 2 nitrogen and oxygen atoms in total. The van der Waals surface area contributed by atoms with Crippen molar-refractivity contribution in [1.29, 1.82) is 0 Å². The first kappa shape index (κ1) is 18.3. The minimum absolute atomic E-state index is 0.152. The molecule has 1 saturated heterocycles. The van der Waals surface area contributed by atoms with Crippen molar-refractivity contribution in [2.75, 3.05) is 0 Å². The predicted octanol–water partition coefficient (Wildman–Crippen LogP) is 4.62. The van der Waals surface area contributed by atoms with E-state index in [9.17, 15) is 5.11 Å². The fourth-order valence-electron chi connectivity index (χ4n) is 2.58. The van der Waals surface area contributed by atoms with Crippen molar-refractivity contribution >= 4 is 0 Å². The number of ether oxygens (including phenoxy) is 1. The summed E-state index contributed by atoms with van der Waals surface area (Å²) in [5, 5.41) is 11.0. The lowest BCUT2D eigenvalue weighted by molar-refractivity contribution is -0.0808. The van der Waals surface area contributed by atoms with Gasteiger partial charge in [0.25, 0.3) is 0 Å². The van der Waals surface area contributed by atoms with Crippen LogP contribution in [0.25, 0.3) is 0 Å². The van der Waals surface area contributed by atoms with Gasteiger partial charge in [-0.2, -0.15) is 0 Å². The second-order valence-corrected chi connectivity index (χ2v) is 6.68. The van der Waals surface area contributed by atoms with E-state index in [0.717, 1.165) is 51.4 Å². The maximum Gasteiger partial charge on any atom is 0.170 e. The third-order valence-electron chi connectivity index (χ3n) is 4.00. The molecule has 1 aliphatic rings. The van der Waals surface area contributed by atoms with Gasteiger partial charge in [-0.1, -0.05) is 51.0 Å². The fraction of sp³-hybridized carbons (Fsp3) is 0.789. The van der Waals surface area contributed by atoms with Crippen LogP contribution in [0.15, 0.2) is 12.2 Å². The van der Waals surface area contributed by atoms with Crippen molar-refractivity contribution in [3.8, 4) is 11.8 Å². The number of unbranched alkanes of at least 4 members (excludes halogenated alkanes) is 4. The first-order chi connectivity index (χ1) is 9.93. The first-order valence-electron chi connectivity index (χ1n) is 8.51. The molecule has 0 aromatic heterocycles. The zero-order chi connectivity index (χ0) is 15.8. The van der Waals surface area contributed by atoms with E-state index in [-0.39, 0.29) is 11.7 Å². The molecule has 0 aromatic rings. The second kappa shape index (κ2) is 8.61. The van der Waals surface area contributed by atoms with Gasteiger partial charge in [0.15, 0.2) is 5.60 Å². The van der Waals surface area contributed by atoms with Crippen LogP contribution in [-0.4, -0.2) is 22.4 Å². The number of rotatable bonds is 7. The minimum Gasteiger partial charge on any atom is -0.371 e. The molecule has 0 aromatic carbocycles. The molecule has 21 heavy (non-hydrogen) atoms. The topological polar surface area (TPSA) is 29.5 Å². The van der Waals surface area contributed by atoms with Gasteiger partial charge in [-0.15, -0.1) is 0 Å². The highest BCUT2D eigenvalue weighted by Gasteiger charge is 2.42. The number of hydrogen-bond donors (Lipinski definition) is 1. The Kier molecular flexibility index (Phi) is 7.49. The highest BCUT2D eigenvalue weighted by atomic mass is 16.5. The van der Waals surface area contributed by atoms with Crippen LogP contribution >= 0.6 is 0 Å². The van der Waals surface area contributed by atoms with Crippen molar-refractivity contribution in [2.45, 2.75) is 96.4 Å². The third kappa shape index (κ3) is 6.24. The molecule has 0 amide bonds. The van der Waals surface area contributed by atoms with Gasteiger partial charge in [0.2, 0.25) is 0 Å². The second-order valence-electron chi connectivity index (χ2n) is 6.68. The predicted molar refractivity (Wildman–Crippen MR) is 89.1 cm³/mol. The molecular formula is C19H32O2. The SMILES string of the molecule is CCCCC#C[C@@](O)(/C=C/CCCC)[C@@H]1CCC(C)(C)O1. The fourth-order valence-corrected chi connectivity index (χ4v) is 2.58. The zero-order valence-electron chi connectivity index (χ0n) is 14.2. The normalized spacial score (nSPS) is 23.8. The first-order valence-corrected chi connectivity index (χ1v) is 8.51. The Morgan fingerprint density at radius 3 is 2.57 bits per heavy atom. The lowest BCUT2D eigenvalue weighted by Gasteiger charge is -2.28. The summed E-state index contributed by atoms with van der Waals surface area (Å²) in [4.78, 5) is 0. The zero-order valence-corrected chi connectivity index (χ0v) is 14.2. The van der Waals surface area contributed by atoms with Gasteiger partial charge in [0.05, 0.1) is 5.60 Å². The molecule has 0 radical (unpaired) electrons. The monoisotopic (exact) mass is 292 g/mol. The van der Waals surface area contributed by atoms with E-state index in [1.54, 1.807) is 0 Å². The van der Waals surface area contributed by atoms with E-state index in [1.165, 1.54) is 0 Å². The molecule has 0 unspecified atom stereocenters. The van der Waals surface area contributed by atoms with Crippen LogP contribution in [0.4, 0.5) is 0 Å². The molecule has 1 rings (SSSR count). The minimum atomic E-state index is -1.13. The number of hydrogen-bond acceptors (Lipinski definition) is 2. The van der Waals surface area contributed by atoms with Crippen molar-refractivity contribution in [1.82, 2.24) is 0 Å². The summed E-state index contributed by atoms with van der Waals surface area (Å²) in [6.45, 7) is 8.49. The van der Waals surface area contributed by atoms with Gasteiger partial charge in [-0.05, 0) is 45.6 Å². The van der Waals surface area contributed by atoms with E-state index in [4.69, 9.17) is 4.74 Å². The van der Waals surface area contributed by atoms with Crippen molar-refractivity contribution in [2.24, 2.45) is 0 Å². The standard InChI is InChI=1S/C19H32O2/c1-5-7-9-11-14-19(20,15-12-10-8-6-2)17-13-16-18(3,4)21-17/h11,14,17,20H,5-10,13,16H2,1-4H3/b14-11+/t17-,19-/m0/s1. The molecule has 2 atom stereocenters. The van der Waals surface area contributed by atoms with E-state index >= 15 is 0 Å². The van der Waals surface area contributed by atoms with Gasteiger partial charge in [0.1, 0.15) is 6.10 Å². The third-order valence-corrected chi connectivity index (χ3v) is 4.00. The molecule has 1 N–H and O–H groups in total. The summed E-state index contributed by atoms with van der Waals surface area (Å²) < 4.78 is 6.02. The van der Waals surface area contributed by atoms with Crippen LogP contribution < -0.4 is 0 Å². The molecule has 0 aliphatic carbocycles. The summed E-state index contributed by atoms with van der Waals surface area (Å²) in [5.41, 5.74) is -1.28. The van der Waals surface area contributed by atoms with Crippen molar-refractivity contribution in [3.05, 3.63) is 12.2 Å². The van der Waals surface area contributed by atoms with Gasteiger partial charge < -0.3 is 9.84 Å². The molecule has 1 aliphatic heterocycles. The Morgan fingerprint density at radius 1 is 1.29 bits per heavy atom. The highest BCUT2D eigenvalue weighted by molar-refractivity contribution is 5.26. The lowest BCUT2D eigenvalue weighted by atomic mass is 9.92. The molecule has 2 heteroatoms. The molecular weight excluding hydrogens is 260 g/mol. The lowest BCUT2D eigenvalue weighted by Crippen LogP contribution is -2.40. The summed E-state index contributed by atoms with van der Waals surface area (Å²) in [7, 11) is 0. The van der Waals surface area contributed by atoms with Gasteiger partial charge in [0, 0.05) is 6.42 Å². The maximum absolute atomic E-state index is 11.0. The Bertz CT molecular complexity index is 386. The summed E-state index contributed by atoms with van der Waals surface area (Å²) >= 11 is 0. The van der Waals surface area contributed by atoms with Crippen LogP contribution in [0.1, 0.15) is 79.1 Å². The van der Waals surface area contributed by atoms with Crippen LogP contribution in [0.2, 0.25) is 0 Å². The Morgan fingerprint density at radius 2 is 2.00 bits per heavy atom. The number of allylic oxidation sites excluding steroid dienone is 1. The van der Waals surface area contributed by atoms with E-state index < -0.39 is 5.60 Å². The summed E-state index contributed by atoms with van der Waals surface area (Å²) in [6.07, 6.45) is 11.9. The maximum atomic E-state index is 11.0. The quantitative estimate of drug-likeness (QED) is 0.421. The summed E-state index contributed by atoms with van der Waals surface area (Å²) in [5.74, 6) is 6.22. The number of aliphatic hydroxyl groups is 1. The van der Waals surface area contributed by atoms with Crippen molar-refractivity contribution < 1.29 is 9.84 Å². The van der Waals surface area contributed by atoms with E-state index in [1.807, 2.05) is 6.08 Å². The van der Waals surface area contributed by atoms with Crippen LogP contribution in [0, 0.1) is 11.8 Å². The molecule has 1 heterocycles. The van der Waals surface area contributed by atoms with Gasteiger partial charge >= 0.3 is 0 Å². The van der Waals surface area contributed by atoms with Gasteiger partial charge in [-0.3, -0.25) is 0 Å². The largest absolute Gasteiger partial charge is 0.371 e. The molecule has 0 bridgehead atoms. The molecule has 120 valence electrons. The average molecular weight is 292 g/mol. The Hall–Kier alpha value is -0.780. The molecule has 0 spiro atoms. The molecule has 1 fully saturated rings. The van der Waals surface area contributed by atoms with Crippen molar-refractivity contribution in [3.63, 3.8) is 0 Å². The Balaban J connectivity index is 2.77. The smallest absolute Gasteiger partial charge is 0.170 e. The average Bonchev–Trinajstić information content (AvgIpc) is 2.81. The van der Waals surface area contributed by atoms with Crippen LogP contribution in [0.5, 0.6) is 0 Å². The summed E-state index contributed by atoms with van der Waals surface area (Å²) in [6, 6.07) is 0.